The molecule has 0 saturated heterocycles. The number of rotatable bonds is 6. The molecule has 1 aliphatic rings. The number of aryl methyl sites for hydroxylation is 1. The SMILES string of the molecule is CCOC(=O)C(C)(C)C1=C(c2ccc(OC)cc2)CCc2ccc(OC)cc21. The molecule has 0 radical (unpaired) electrons. The highest BCUT2D eigenvalue weighted by Crippen LogP contribution is 2.48. The maximum atomic E-state index is 12.9. The first-order valence-electron chi connectivity index (χ1n) is 9.65. The van der Waals surface area contributed by atoms with Gasteiger partial charge in [0.15, 0.2) is 0 Å². The highest BCUT2D eigenvalue weighted by Gasteiger charge is 2.39. The molecule has 0 heterocycles. The summed E-state index contributed by atoms with van der Waals surface area (Å²) in [5, 5.41) is 0. The van der Waals surface area contributed by atoms with Crippen molar-refractivity contribution in [2.24, 2.45) is 5.41 Å². The van der Waals surface area contributed by atoms with Crippen LogP contribution in [0.3, 0.4) is 0 Å². The number of methoxy groups -OCH3 is 2. The van der Waals surface area contributed by atoms with Gasteiger partial charge in [-0.3, -0.25) is 4.79 Å². The summed E-state index contributed by atoms with van der Waals surface area (Å²) in [6.45, 7) is 6.08. The molecule has 0 spiro atoms. The molecule has 0 aliphatic heterocycles. The quantitative estimate of drug-likeness (QED) is 0.650. The zero-order valence-corrected chi connectivity index (χ0v) is 17.3. The summed E-state index contributed by atoms with van der Waals surface area (Å²) in [6.07, 6.45) is 1.78. The van der Waals surface area contributed by atoms with Crippen LogP contribution in [-0.4, -0.2) is 26.8 Å². The Morgan fingerprint density at radius 3 is 2.21 bits per heavy atom. The number of carbonyl (C=O) groups excluding carboxylic acids is 1. The van der Waals surface area contributed by atoms with Crippen molar-refractivity contribution in [3.63, 3.8) is 0 Å². The highest BCUT2D eigenvalue weighted by atomic mass is 16.5. The van der Waals surface area contributed by atoms with Gasteiger partial charge < -0.3 is 14.2 Å². The molecule has 0 bridgehead atoms. The highest BCUT2D eigenvalue weighted by molar-refractivity contribution is 6.04. The molecular weight excluding hydrogens is 352 g/mol. The molecule has 4 nitrogen and oxygen atoms in total. The normalized spacial score (nSPS) is 13.8. The van der Waals surface area contributed by atoms with Crippen LogP contribution in [0.25, 0.3) is 11.1 Å². The Morgan fingerprint density at radius 1 is 0.964 bits per heavy atom. The molecule has 2 aromatic rings. The molecule has 2 aromatic carbocycles. The van der Waals surface area contributed by atoms with E-state index in [1.807, 2.05) is 45.0 Å². The lowest BCUT2D eigenvalue weighted by molar-refractivity contribution is -0.150. The third kappa shape index (κ3) is 3.64. The smallest absolute Gasteiger partial charge is 0.316 e. The number of hydrogen-bond acceptors (Lipinski definition) is 4. The second-order valence-corrected chi connectivity index (χ2v) is 7.45. The predicted octanol–water partition coefficient (Wildman–Crippen LogP) is 5.15. The summed E-state index contributed by atoms with van der Waals surface area (Å²) < 4.78 is 16.2. The van der Waals surface area contributed by atoms with Gasteiger partial charge in [0.25, 0.3) is 0 Å². The van der Waals surface area contributed by atoms with Gasteiger partial charge in [0, 0.05) is 0 Å². The van der Waals surface area contributed by atoms with Crippen LogP contribution in [0.2, 0.25) is 0 Å². The summed E-state index contributed by atoms with van der Waals surface area (Å²) in [6, 6.07) is 14.1. The summed E-state index contributed by atoms with van der Waals surface area (Å²) in [5.41, 5.74) is 4.78. The van der Waals surface area contributed by atoms with Gasteiger partial charge in [-0.15, -0.1) is 0 Å². The molecular formula is C24H28O4. The van der Waals surface area contributed by atoms with E-state index in [9.17, 15) is 4.79 Å². The van der Waals surface area contributed by atoms with E-state index in [1.165, 1.54) is 11.1 Å². The van der Waals surface area contributed by atoms with E-state index < -0.39 is 5.41 Å². The molecule has 0 amide bonds. The van der Waals surface area contributed by atoms with Crippen molar-refractivity contribution < 1.29 is 19.0 Å². The lowest BCUT2D eigenvalue weighted by atomic mass is 9.71. The van der Waals surface area contributed by atoms with Crippen molar-refractivity contribution in [3.05, 3.63) is 59.2 Å². The minimum absolute atomic E-state index is 0.216. The fraction of sp³-hybridized carbons (Fsp3) is 0.375. The Morgan fingerprint density at radius 2 is 1.61 bits per heavy atom. The van der Waals surface area contributed by atoms with Gasteiger partial charge in [0.2, 0.25) is 0 Å². The van der Waals surface area contributed by atoms with Crippen molar-refractivity contribution in [3.8, 4) is 11.5 Å². The summed E-state index contributed by atoms with van der Waals surface area (Å²) in [4.78, 5) is 12.9. The number of carbonyl (C=O) groups is 1. The number of esters is 1. The molecule has 0 N–H and O–H groups in total. The van der Waals surface area contributed by atoms with Gasteiger partial charge in [0.1, 0.15) is 11.5 Å². The van der Waals surface area contributed by atoms with Crippen LogP contribution in [0.5, 0.6) is 11.5 Å². The second kappa shape index (κ2) is 8.09. The third-order valence-corrected chi connectivity index (χ3v) is 5.38. The Bertz CT molecular complexity index is 891. The van der Waals surface area contributed by atoms with Crippen LogP contribution in [0.1, 0.15) is 43.9 Å². The maximum absolute atomic E-state index is 12.9. The van der Waals surface area contributed by atoms with Crippen LogP contribution in [0.15, 0.2) is 42.5 Å². The van der Waals surface area contributed by atoms with Gasteiger partial charge in [-0.25, -0.2) is 0 Å². The van der Waals surface area contributed by atoms with E-state index in [-0.39, 0.29) is 5.97 Å². The summed E-state index contributed by atoms with van der Waals surface area (Å²) in [5.74, 6) is 1.38. The molecule has 0 unspecified atom stereocenters. The van der Waals surface area contributed by atoms with Gasteiger partial charge >= 0.3 is 5.97 Å². The molecule has 0 saturated carbocycles. The van der Waals surface area contributed by atoms with Gasteiger partial charge in [-0.2, -0.15) is 0 Å². The van der Waals surface area contributed by atoms with Crippen molar-refractivity contribution in [1.82, 2.24) is 0 Å². The lowest BCUT2D eigenvalue weighted by Crippen LogP contribution is -2.30. The number of hydrogen-bond donors (Lipinski definition) is 0. The van der Waals surface area contributed by atoms with Crippen LogP contribution < -0.4 is 9.47 Å². The minimum atomic E-state index is -0.785. The van der Waals surface area contributed by atoms with Crippen molar-refractivity contribution >= 4 is 17.1 Å². The Labute approximate surface area is 167 Å². The molecule has 3 rings (SSSR count). The Hall–Kier alpha value is -2.75. The molecule has 148 valence electrons. The van der Waals surface area contributed by atoms with E-state index in [2.05, 4.69) is 18.2 Å². The number of benzene rings is 2. The maximum Gasteiger partial charge on any atom is 0.316 e. The summed E-state index contributed by atoms with van der Waals surface area (Å²) in [7, 11) is 3.32. The van der Waals surface area contributed by atoms with Crippen molar-refractivity contribution in [1.29, 1.82) is 0 Å². The third-order valence-electron chi connectivity index (χ3n) is 5.38. The van der Waals surface area contributed by atoms with Gasteiger partial charge in [0.05, 0.1) is 26.2 Å². The Kier molecular flexibility index (Phi) is 5.78. The van der Waals surface area contributed by atoms with E-state index in [0.29, 0.717) is 6.61 Å². The predicted molar refractivity (Wildman–Crippen MR) is 112 cm³/mol. The number of ether oxygens (including phenoxy) is 3. The molecule has 0 atom stereocenters. The molecule has 28 heavy (non-hydrogen) atoms. The largest absolute Gasteiger partial charge is 0.497 e. The minimum Gasteiger partial charge on any atom is -0.497 e. The summed E-state index contributed by atoms with van der Waals surface area (Å²) >= 11 is 0. The van der Waals surface area contributed by atoms with Crippen molar-refractivity contribution in [2.75, 3.05) is 20.8 Å². The zero-order valence-electron chi connectivity index (χ0n) is 17.3. The van der Waals surface area contributed by atoms with E-state index >= 15 is 0 Å². The fourth-order valence-electron chi connectivity index (χ4n) is 3.89. The van der Waals surface area contributed by atoms with Crippen LogP contribution in [0, 0.1) is 5.41 Å². The van der Waals surface area contributed by atoms with Crippen LogP contribution >= 0.6 is 0 Å². The average Bonchev–Trinajstić information content (AvgIpc) is 2.72. The van der Waals surface area contributed by atoms with E-state index in [1.54, 1.807) is 14.2 Å². The van der Waals surface area contributed by atoms with Gasteiger partial charge in [-0.05, 0) is 85.7 Å². The number of allylic oxidation sites excluding steroid dienone is 1. The topological polar surface area (TPSA) is 44.8 Å². The number of fused-ring (bicyclic) bond motifs is 1. The molecule has 0 aromatic heterocycles. The fourth-order valence-corrected chi connectivity index (χ4v) is 3.89. The van der Waals surface area contributed by atoms with E-state index in [4.69, 9.17) is 14.2 Å². The standard InChI is InChI=1S/C24H28O4/c1-6-28-23(25)24(2,3)22-20(16-7-11-18(26-4)12-8-16)14-10-17-9-13-19(27-5)15-21(17)22/h7-9,11-13,15H,6,10,14H2,1-5H3. The first-order chi connectivity index (χ1) is 13.4. The molecule has 0 fully saturated rings. The van der Waals surface area contributed by atoms with Crippen LogP contribution in [0.4, 0.5) is 0 Å². The first-order valence-corrected chi connectivity index (χ1v) is 9.65. The molecule has 4 heteroatoms. The Balaban J connectivity index is 2.24. The average molecular weight is 380 g/mol. The lowest BCUT2D eigenvalue weighted by Gasteiger charge is -2.34. The molecule has 1 aliphatic carbocycles. The first kappa shape index (κ1) is 20.0. The second-order valence-electron chi connectivity index (χ2n) is 7.45. The van der Waals surface area contributed by atoms with Crippen LogP contribution in [-0.2, 0) is 16.0 Å². The van der Waals surface area contributed by atoms with Gasteiger partial charge in [-0.1, -0.05) is 18.2 Å². The van der Waals surface area contributed by atoms with E-state index in [0.717, 1.165) is 41.0 Å². The van der Waals surface area contributed by atoms with Crippen molar-refractivity contribution in [2.45, 2.75) is 33.6 Å². The zero-order chi connectivity index (χ0) is 20.3. The monoisotopic (exact) mass is 380 g/mol.